The Morgan fingerprint density at radius 2 is 1.77 bits per heavy atom. The normalized spacial score (nSPS) is 22.9. The van der Waals surface area contributed by atoms with Gasteiger partial charge < -0.3 is 0 Å². The number of allylic oxidation sites excluding steroid dienone is 8. The predicted molar refractivity (Wildman–Crippen MR) is 57.5 cm³/mol. The summed E-state index contributed by atoms with van der Waals surface area (Å²) < 4.78 is 0. The van der Waals surface area contributed by atoms with Gasteiger partial charge in [0.05, 0.1) is 0 Å². The van der Waals surface area contributed by atoms with E-state index in [1.54, 1.807) is 0 Å². The van der Waals surface area contributed by atoms with E-state index < -0.39 is 0 Å². The molecule has 2 aliphatic carbocycles. The molecule has 0 N–H and O–H groups in total. The van der Waals surface area contributed by atoms with Crippen molar-refractivity contribution in [2.45, 2.75) is 25.7 Å². The van der Waals surface area contributed by atoms with E-state index in [9.17, 15) is 0 Å². The standard InChI is InChI=1S/C13H16/c1-2-4-8-12(9-5-3-1)13-10-6-7-11-13/h4,6-11,13H,1-3,5H2. The summed E-state index contributed by atoms with van der Waals surface area (Å²) in [6, 6.07) is 0. The van der Waals surface area contributed by atoms with Crippen LogP contribution in [0.1, 0.15) is 25.7 Å². The quantitative estimate of drug-likeness (QED) is 0.564. The molecule has 0 bridgehead atoms. The first-order chi connectivity index (χ1) is 6.47. The van der Waals surface area contributed by atoms with Gasteiger partial charge in [0.2, 0.25) is 0 Å². The van der Waals surface area contributed by atoms with Gasteiger partial charge in [-0.3, -0.25) is 0 Å². The molecule has 0 heterocycles. The Morgan fingerprint density at radius 1 is 1.00 bits per heavy atom. The molecule has 0 nitrogen and oxygen atoms in total. The Labute approximate surface area is 80.3 Å². The van der Waals surface area contributed by atoms with Crippen LogP contribution in [0.5, 0.6) is 0 Å². The first-order valence-electron chi connectivity index (χ1n) is 5.18. The molecule has 2 aliphatic rings. The molecule has 0 unspecified atom stereocenters. The highest BCUT2D eigenvalue weighted by molar-refractivity contribution is 5.35. The first kappa shape index (κ1) is 8.55. The molecule has 0 heteroatoms. The molecule has 2 rings (SSSR count). The lowest BCUT2D eigenvalue weighted by atomic mass is 9.96. The maximum absolute atomic E-state index is 2.39. The van der Waals surface area contributed by atoms with Crippen molar-refractivity contribution in [2.24, 2.45) is 5.92 Å². The van der Waals surface area contributed by atoms with E-state index in [-0.39, 0.29) is 0 Å². The molecule has 0 saturated heterocycles. The molecule has 0 radical (unpaired) electrons. The van der Waals surface area contributed by atoms with Crippen molar-refractivity contribution >= 4 is 0 Å². The van der Waals surface area contributed by atoms with Gasteiger partial charge in [0, 0.05) is 5.92 Å². The summed E-state index contributed by atoms with van der Waals surface area (Å²) in [5.74, 6) is 0.550. The van der Waals surface area contributed by atoms with Crippen LogP contribution in [0.25, 0.3) is 0 Å². The fraction of sp³-hybridized carbons (Fsp3) is 0.385. The second kappa shape index (κ2) is 4.27. The molecular formula is C13H16. The van der Waals surface area contributed by atoms with Gasteiger partial charge in [0.1, 0.15) is 0 Å². The Kier molecular flexibility index (Phi) is 2.81. The topological polar surface area (TPSA) is 0 Å². The van der Waals surface area contributed by atoms with Crippen molar-refractivity contribution in [1.29, 1.82) is 0 Å². The smallest absolute Gasteiger partial charge is 0.0201 e. The van der Waals surface area contributed by atoms with E-state index in [4.69, 9.17) is 0 Å². The lowest BCUT2D eigenvalue weighted by Gasteiger charge is -2.09. The van der Waals surface area contributed by atoms with E-state index in [1.165, 1.54) is 31.3 Å². The maximum Gasteiger partial charge on any atom is 0.0201 e. The van der Waals surface area contributed by atoms with Crippen LogP contribution in [0.15, 0.2) is 48.1 Å². The number of rotatable bonds is 1. The van der Waals surface area contributed by atoms with Crippen LogP contribution in [0.2, 0.25) is 0 Å². The Morgan fingerprint density at radius 3 is 2.62 bits per heavy atom. The Bertz CT molecular complexity index is 264. The van der Waals surface area contributed by atoms with E-state index in [2.05, 4.69) is 42.5 Å². The monoisotopic (exact) mass is 172 g/mol. The van der Waals surface area contributed by atoms with E-state index in [0.717, 1.165) is 0 Å². The highest BCUT2D eigenvalue weighted by atomic mass is 14.1. The van der Waals surface area contributed by atoms with Crippen LogP contribution < -0.4 is 0 Å². The van der Waals surface area contributed by atoms with Gasteiger partial charge in [0.15, 0.2) is 0 Å². The second-order valence-electron chi connectivity index (χ2n) is 3.69. The van der Waals surface area contributed by atoms with Gasteiger partial charge in [-0.1, -0.05) is 42.5 Å². The summed E-state index contributed by atoms with van der Waals surface area (Å²) in [6.45, 7) is 0. The summed E-state index contributed by atoms with van der Waals surface area (Å²) in [5, 5.41) is 0. The molecule has 0 atom stereocenters. The average Bonchev–Trinajstić information content (AvgIpc) is 2.55. The van der Waals surface area contributed by atoms with Crippen LogP contribution in [0, 0.1) is 5.92 Å². The van der Waals surface area contributed by atoms with Crippen molar-refractivity contribution in [3.63, 3.8) is 0 Å². The number of hydrogen-bond donors (Lipinski definition) is 0. The summed E-state index contributed by atoms with van der Waals surface area (Å²) in [6.07, 6.45) is 21.0. The lowest BCUT2D eigenvalue weighted by molar-refractivity contribution is 0.749. The molecular weight excluding hydrogens is 156 g/mol. The fourth-order valence-electron chi connectivity index (χ4n) is 1.86. The van der Waals surface area contributed by atoms with E-state index in [0.29, 0.717) is 5.92 Å². The molecule has 0 fully saturated rings. The Balaban J connectivity index is 2.10. The van der Waals surface area contributed by atoms with Gasteiger partial charge in [-0.25, -0.2) is 0 Å². The van der Waals surface area contributed by atoms with Gasteiger partial charge in [-0.2, -0.15) is 0 Å². The fourth-order valence-corrected chi connectivity index (χ4v) is 1.86. The first-order valence-corrected chi connectivity index (χ1v) is 5.18. The molecule has 0 spiro atoms. The van der Waals surface area contributed by atoms with Gasteiger partial charge in [-0.15, -0.1) is 0 Å². The van der Waals surface area contributed by atoms with Crippen LogP contribution >= 0.6 is 0 Å². The third kappa shape index (κ3) is 2.21. The third-order valence-electron chi connectivity index (χ3n) is 2.65. The molecule has 0 aromatic carbocycles. The van der Waals surface area contributed by atoms with Crippen molar-refractivity contribution < 1.29 is 0 Å². The largest absolute Gasteiger partial charge is 0.0842 e. The average molecular weight is 172 g/mol. The molecule has 68 valence electrons. The maximum atomic E-state index is 2.39. The molecule has 0 aliphatic heterocycles. The Hall–Kier alpha value is -1.04. The minimum atomic E-state index is 0.550. The van der Waals surface area contributed by atoms with Crippen molar-refractivity contribution in [2.75, 3.05) is 0 Å². The number of hydrogen-bond acceptors (Lipinski definition) is 0. The van der Waals surface area contributed by atoms with Gasteiger partial charge in [0.25, 0.3) is 0 Å². The van der Waals surface area contributed by atoms with Crippen molar-refractivity contribution in [1.82, 2.24) is 0 Å². The van der Waals surface area contributed by atoms with Crippen molar-refractivity contribution in [3.8, 4) is 0 Å². The molecule has 0 saturated carbocycles. The second-order valence-corrected chi connectivity index (χ2v) is 3.69. The minimum absolute atomic E-state index is 0.550. The third-order valence-corrected chi connectivity index (χ3v) is 2.65. The predicted octanol–water partition coefficient (Wildman–Crippen LogP) is 3.79. The minimum Gasteiger partial charge on any atom is -0.0842 e. The van der Waals surface area contributed by atoms with E-state index in [1.807, 2.05) is 0 Å². The summed E-state index contributed by atoms with van der Waals surface area (Å²) in [5.41, 5.74) is 1.48. The van der Waals surface area contributed by atoms with Crippen molar-refractivity contribution in [3.05, 3.63) is 48.1 Å². The summed E-state index contributed by atoms with van der Waals surface area (Å²) >= 11 is 0. The van der Waals surface area contributed by atoms with Crippen LogP contribution in [-0.4, -0.2) is 0 Å². The highest BCUT2D eigenvalue weighted by Gasteiger charge is 2.07. The van der Waals surface area contributed by atoms with Crippen LogP contribution in [0.4, 0.5) is 0 Å². The molecule has 0 amide bonds. The SMILES string of the molecule is C1=CC(C2=CCCCCC=C2)C=C1. The van der Waals surface area contributed by atoms with Gasteiger partial charge in [-0.05, 0) is 31.3 Å². The summed E-state index contributed by atoms with van der Waals surface area (Å²) in [4.78, 5) is 0. The lowest BCUT2D eigenvalue weighted by Crippen LogP contribution is -1.94. The summed E-state index contributed by atoms with van der Waals surface area (Å²) in [7, 11) is 0. The zero-order chi connectivity index (χ0) is 8.93. The molecule has 13 heavy (non-hydrogen) atoms. The van der Waals surface area contributed by atoms with E-state index >= 15 is 0 Å². The van der Waals surface area contributed by atoms with Gasteiger partial charge >= 0.3 is 0 Å². The molecule has 0 aromatic rings. The van der Waals surface area contributed by atoms with Crippen LogP contribution in [-0.2, 0) is 0 Å². The molecule has 0 aromatic heterocycles. The van der Waals surface area contributed by atoms with Crippen LogP contribution in [0.3, 0.4) is 0 Å². The highest BCUT2D eigenvalue weighted by Crippen LogP contribution is 2.23. The zero-order valence-electron chi connectivity index (χ0n) is 7.95. The zero-order valence-corrected chi connectivity index (χ0v) is 7.95.